The summed E-state index contributed by atoms with van der Waals surface area (Å²) >= 11 is 4.98. The Bertz CT molecular complexity index is 181. The molecule has 0 saturated carbocycles. The molecule has 0 aromatic rings. The summed E-state index contributed by atoms with van der Waals surface area (Å²) in [6, 6.07) is 0. The van der Waals surface area contributed by atoms with E-state index < -0.39 is 6.09 Å². The predicted molar refractivity (Wildman–Crippen MR) is 55.7 cm³/mol. The van der Waals surface area contributed by atoms with Gasteiger partial charge in [0.2, 0.25) is 0 Å². The van der Waals surface area contributed by atoms with Crippen LogP contribution in [-0.2, 0) is 4.74 Å². The van der Waals surface area contributed by atoms with Crippen molar-refractivity contribution in [1.82, 2.24) is 10.2 Å². The molecule has 1 amide bonds. The van der Waals surface area contributed by atoms with Crippen LogP contribution in [0.4, 0.5) is 4.79 Å². The number of carbonyl (C=O) groups is 1. The van der Waals surface area contributed by atoms with E-state index in [4.69, 9.17) is 12.2 Å². The van der Waals surface area contributed by atoms with E-state index in [0.717, 1.165) is 13.1 Å². The lowest BCUT2D eigenvalue weighted by Gasteiger charge is -2.21. The number of hydrogen-bond donors (Lipinski definition) is 1. The molecule has 0 saturated heterocycles. The van der Waals surface area contributed by atoms with Crippen molar-refractivity contribution >= 4 is 23.4 Å². The normalized spacial score (nSPS) is 9.15. The first-order chi connectivity index (χ1) is 6.15. The monoisotopic (exact) mass is 204 g/mol. The van der Waals surface area contributed by atoms with E-state index in [1.165, 1.54) is 0 Å². The number of nitrogens with zero attached hydrogens (tertiary/aromatic N) is 1. The number of amides is 1. The van der Waals surface area contributed by atoms with Crippen LogP contribution >= 0.6 is 12.2 Å². The van der Waals surface area contributed by atoms with Gasteiger partial charge in [-0.15, -0.1) is 0 Å². The first-order valence-electron chi connectivity index (χ1n) is 4.38. The largest absolute Gasteiger partial charge is 0.450 e. The third kappa shape index (κ3) is 4.67. The van der Waals surface area contributed by atoms with Gasteiger partial charge >= 0.3 is 6.09 Å². The number of alkyl carbamates (subject to hydrolysis) is 1. The molecule has 0 aromatic carbocycles. The van der Waals surface area contributed by atoms with Crippen LogP contribution in [0.15, 0.2) is 0 Å². The zero-order valence-electron chi connectivity index (χ0n) is 8.29. The second-order valence-electron chi connectivity index (χ2n) is 2.32. The summed E-state index contributed by atoms with van der Waals surface area (Å²) in [5.41, 5.74) is 0. The van der Waals surface area contributed by atoms with Crippen molar-refractivity contribution in [1.29, 1.82) is 0 Å². The van der Waals surface area contributed by atoms with Gasteiger partial charge in [0.05, 0.1) is 6.61 Å². The van der Waals surface area contributed by atoms with Gasteiger partial charge in [-0.05, 0) is 33.0 Å². The number of rotatable bonds is 3. The van der Waals surface area contributed by atoms with Gasteiger partial charge < -0.3 is 9.64 Å². The predicted octanol–water partition coefficient (Wildman–Crippen LogP) is 1.36. The third-order valence-corrected chi connectivity index (χ3v) is 1.90. The van der Waals surface area contributed by atoms with Crippen molar-refractivity contribution in [3.63, 3.8) is 0 Å². The second kappa shape index (κ2) is 6.65. The number of hydrogen-bond acceptors (Lipinski definition) is 3. The third-order valence-electron chi connectivity index (χ3n) is 1.54. The average Bonchev–Trinajstić information content (AvgIpc) is 2.06. The van der Waals surface area contributed by atoms with Crippen molar-refractivity contribution < 1.29 is 9.53 Å². The number of thiocarbonyl (C=S) groups is 1. The molecule has 0 aliphatic heterocycles. The van der Waals surface area contributed by atoms with Crippen molar-refractivity contribution in [2.75, 3.05) is 19.7 Å². The molecule has 0 bridgehead atoms. The maximum absolute atomic E-state index is 10.9. The summed E-state index contributed by atoms with van der Waals surface area (Å²) in [6.45, 7) is 7.61. The van der Waals surface area contributed by atoms with Crippen molar-refractivity contribution in [3.05, 3.63) is 0 Å². The summed E-state index contributed by atoms with van der Waals surface area (Å²) in [5.74, 6) is 0. The van der Waals surface area contributed by atoms with E-state index in [1.54, 1.807) is 6.92 Å². The van der Waals surface area contributed by atoms with Crippen LogP contribution in [0.2, 0.25) is 0 Å². The Morgan fingerprint density at radius 2 is 1.92 bits per heavy atom. The maximum Gasteiger partial charge on any atom is 0.413 e. The van der Waals surface area contributed by atoms with Gasteiger partial charge in [-0.2, -0.15) is 0 Å². The van der Waals surface area contributed by atoms with E-state index >= 15 is 0 Å². The SMILES string of the molecule is CCOC(=O)NC(=S)N(CC)CC. The highest BCUT2D eigenvalue weighted by atomic mass is 32.1. The van der Waals surface area contributed by atoms with Crippen molar-refractivity contribution in [2.45, 2.75) is 20.8 Å². The van der Waals surface area contributed by atoms with Crippen LogP contribution in [0, 0.1) is 0 Å². The summed E-state index contributed by atoms with van der Waals surface area (Å²) in [6.07, 6.45) is -0.487. The summed E-state index contributed by atoms with van der Waals surface area (Å²) in [5, 5.41) is 2.90. The summed E-state index contributed by atoms with van der Waals surface area (Å²) in [7, 11) is 0. The molecule has 0 spiro atoms. The van der Waals surface area contributed by atoms with E-state index in [9.17, 15) is 4.79 Å². The number of carbonyl (C=O) groups excluding carboxylic acids is 1. The van der Waals surface area contributed by atoms with Gasteiger partial charge in [0, 0.05) is 13.1 Å². The Hall–Kier alpha value is -0.840. The molecule has 0 rings (SSSR count). The molecule has 4 nitrogen and oxygen atoms in total. The molecule has 0 unspecified atom stereocenters. The van der Waals surface area contributed by atoms with E-state index in [-0.39, 0.29) is 0 Å². The Balaban J connectivity index is 3.90. The first kappa shape index (κ1) is 12.2. The Kier molecular flexibility index (Phi) is 6.22. The van der Waals surface area contributed by atoms with Crippen LogP contribution in [-0.4, -0.2) is 35.8 Å². The lowest BCUT2D eigenvalue weighted by Crippen LogP contribution is -2.42. The molecule has 0 atom stereocenters. The smallest absolute Gasteiger partial charge is 0.413 e. The molecule has 5 heteroatoms. The molecule has 0 radical (unpaired) electrons. The Morgan fingerprint density at radius 1 is 1.38 bits per heavy atom. The lowest BCUT2D eigenvalue weighted by atomic mass is 10.5. The highest BCUT2D eigenvalue weighted by molar-refractivity contribution is 7.80. The van der Waals surface area contributed by atoms with Crippen LogP contribution in [0.1, 0.15) is 20.8 Å². The number of nitrogens with one attached hydrogen (secondary N) is 1. The second-order valence-corrected chi connectivity index (χ2v) is 2.71. The molecule has 0 aromatic heterocycles. The lowest BCUT2D eigenvalue weighted by molar-refractivity contribution is 0.157. The highest BCUT2D eigenvalue weighted by Gasteiger charge is 2.08. The highest BCUT2D eigenvalue weighted by Crippen LogP contribution is 1.89. The minimum Gasteiger partial charge on any atom is -0.450 e. The minimum atomic E-state index is -0.487. The van der Waals surface area contributed by atoms with Crippen molar-refractivity contribution in [2.24, 2.45) is 0 Å². The zero-order valence-corrected chi connectivity index (χ0v) is 9.11. The standard InChI is InChI=1S/C8H16N2O2S/c1-4-10(5-2)7(13)9-8(11)12-6-3/h4-6H2,1-3H3,(H,9,11,13). The minimum absolute atomic E-state index is 0.354. The Labute approximate surface area is 84.2 Å². The van der Waals surface area contributed by atoms with Gasteiger partial charge in [-0.3, -0.25) is 5.32 Å². The van der Waals surface area contributed by atoms with Crippen molar-refractivity contribution in [3.8, 4) is 0 Å². The average molecular weight is 204 g/mol. The summed E-state index contributed by atoms with van der Waals surface area (Å²) in [4.78, 5) is 12.8. The van der Waals surface area contributed by atoms with Gasteiger partial charge in [0.15, 0.2) is 5.11 Å². The quantitative estimate of drug-likeness (QED) is 0.705. The fourth-order valence-electron chi connectivity index (χ4n) is 0.844. The Morgan fingerprint density at radius 3 is 2.31 bits per heavy atom. The molecule has 1 N–H and O–H groups in total. The van der Waals surface area contributed by atoms with Gasteiger partial charge in [0.25, 0.3) is 0 Å². The molecule has 0 heterocycles. The summed E-state index contributed by atoms with van der Waals surface area (Å²) < 4.78 is 4.69. The molecule has 0 aliphatic rings. The fourth-order valence-corrected chi connectivity index (χ4v) is 1.19. The van der Waals surface area contributed by atoms with Crippen LogP contribution in [0.3, 0.4) is 0 Å². The maximum atomic E-state index is 10.9. The molecule has 13 heavy (non-hydrogen) atoms. The van der Waals surface area contributed by atoms with Crippen LogP contribution in [0.5, 0.6) is 0 Å². The molecular weight excluding hydrogens is 188 g/mol. The van der Waals surface area contributed by atoms with E-state index in [2.05, 4.69) is 10.1 Å². The van der Waals surface area contributed by atoms with Crippen LogP contribution in [0.25, 0.3) is 0 Å². The number of ether oxygens (including phenoxy) is 1. The van der Waals surface area contributed by atoms with E-state index in [1.807, 2.05) is 18.7 Å². The fraction of sp³-hybridized carbons (Fsp3) is 0.750. The van der Waals surface area contributed by atoms with Crippen LogP contribution < -0.4 is 5.32 Å². The molecule has 76 valence electrons. The van der Waals surface area contributed by atoms with Gasteiger partial charge in [-0.25, -0.2) is 4.79 Å². The molecule has 0 aliphatic carbocycles. The van der Waals surface area contributed by atoms with E-state index in [0.29, 0.717) is 11.7 Å². The first-order valence-corrected chi connectivity index (χ1v) is 4.79. The topological polar surface area (TPSA) is 41.6 Å². The van der Waals surface area contributed by atoms with Gasteiger partial charge in [-0.1, -0.05) is 0 Å². The molecule has 0 fully saturated rings. The zero-order chi connectivity index (χ0) is 10.3. The molecular formula is C8H16N2O2S. The van der Waals surface area contributed by atoms with Gasteiger partial charge in [0.1, 0.15) is 0 Å².